The van der Waals surface area contributed by atoms with E-state index in [0.29, 0.717) is 31.9 Å². The van der Waals surface area contributed by atoms with Crippen LogP contribution in [-0.4, -0.2) is 42.3 Å². The molecule has 0 atom stereocenters. The van der Waals surface area contributed by atoms with E-state index in [4.69, 9.17) is 15.3 Å². The van der Waals surface area contributed by atoms with Crippen LogP contribution in [0.4, 0.5) is 16.2 Å². The summed E-state index contributed by atoms with van der Waals surface area (Å²) < 4.78 is 5.50. The molecule has 1 saturated heterocycles. The molecule has 2 aromatic rings. The molecule has 0 aliphatic carbocycles. The molecule has 1 fully saturated rings. The van der Waals surface area contributed by atoms with Gasteiger partial charge in [-0.2, -0.15) is 0 Å². The first-order valence-corrected chi connectivity index (χ1v) is 6.15. The van der Waals surface area contributed by atoms with Gasteiger partial charge in [0.25, 0.3) is 0 Å². The zero-order valence-corrected chi connectivity index (χ0v) is 10.4. The Kier molecular flexibility index (Phi) is 2.70. The van der Waals surface area contributed by atoms with Crippen molar-refractivity contribution in [3.8, 4) is 0 Å². The molecule has 0 unspecified atom stereocenters. The number of furan rings is 1. The molecule has 1 aromatic carbocycles. The van der Waals surface area contributed by atoms with Gasteiger partial charge in [-0.15, -0.1) is 0 Å². The Balaban J connectivity index is 1.89. The lowest BCUT2D eigenvalue weighted by Gasteiger charge is -2.34. The van der Waals surface area contributed by atoms with Gasteiger partial charge < -0.3 is 25.1 Å². The molecule has 1 aromatic heterocycles. The predicted octanol–water partition coefficient (Wildman–Crippen LogP) is 1.82. The molecule has 100 valence electrons. The number of piperazine rings is 1. The molecule has 2 heterocycles. The number of nitrogen functional groups attached to an aromatic ring is 1. The standard InChI is InChI=1S/C13H15N3O3/c14-10-7-9-1-6-19-12(9)11(8-10)15-2-4-16(5-3-15)13(17)18/h1,6-8H,2-5,14H2,(H,17,18). The van der Waals surface area contributed by atoms with Crippen molar-refractivity contribution >= 4 is 28.4 Å². The monoisotopic (exact) mass is 261 g/mol. The number of nitrogens with two attached hydrogens (primary N) is 1. The van der Waals surface area contributed by atoms with Crippen molar-refractivity contribution in [3.05, 3.63) is 24.5 Å². The van der Waals surface area contributed by atoms with Crippen LogP contribution in [0.3, 0.4) is 0 Å². The number of anilines is 2. The lowest BCUT2D eigenvalue weighted by molar-refractivity contribution is 0.142. The first kappa shape index (κ1) is 11.7. The lowest BCUT2D eigenvalue weighted by atomic mass is 10.1. The fourth-order valence-corrected chi connectivity index (χ4v) is 2.46. The van der Waals surface area contributed by atoms with E-state index < -0.39 is 6.09 Å². The molecule has 0 radical (unpaired) electrons. The zero-order valence-electron chi connectivity index (χ0n) is 10.4. The molecule has 1 aliphatic heterocycles. The topological polar surface area (TPSA) is 82.9 Å². The molecule has 6 heteroatoms. The largest absolute Gasteiger partial charge is 0.465 e. The van der Waals surface area contributed by atoms with Gasteiger partial charge in [0.05, 0.1) is 12.0 Å². The van der Waals surface area contributed by atoms with Gasteiger partial charge in [0.2, 0.25) is 0 Å². The van der Waals surface area contributed by atoms with Crippen molar-refractivity contribution in [1.82, 2.24) is 4.90 Å². The van der Waals surface area contributed by atoms with Crippen molar-refractivity contribution in [2.24, 2.45) is 0 Å². The number of hydrogen-bond acceptors (Lipinski definition) is 4. The fraction of sp³-hybridized carbons (Fsp3) is 0.308. The average molecular weight is 261 g/mol. The van der Waals surface area contributed by atoms with Crippen molar-refractivity contribution < 1.29 is 14.3 Å². The van der Waals surface area contributed by atoms with Crippen molar-refractivity contribution in [2.75, 3.05) is 36.8 Å². The van der Waals surface area contributed by atoms with Crippen LogP contribution in [0.1, 0.15) is 0 Å². The Morgan fingerprint density at radius 2 is 2.00 bits per heavy atom. The number of fused-ring (bicyclic) bond motifs is 1. The molecule has 0 saturated carbocycles. The molecule has 0 spiro atoms. The Morgan fingerprint density at radius 1 is 1.26 bits per heavy atom. The fourth-order valence-electron chi connectivity index (χ4n) is 2.46. The first-order valence-electron chi connectivity index (χ1n) is 6.15. The maximum Gasteiger partial charge on any atom is 0.407 e. The summed E-state index contributed by atoms with van der Waals surface area (Å²) in [5.74, 6) is 0. The van der Waals surface area contributed by atoms with Crippen LogP contribution in [0, 0.1) is 0 Å². The normalized spacial score (nSPS) is 16.0. The summed E-state index contributed by atoms with van der Waals surface area (Å²) in [7, 11) is 0. The van der Waals surface area contributed by atoms with Crippen molar-refractivity contribution in [1.29, 1.82) is 0 Å². The van der Waals surface area contributed by atoms with Crippen LogP contribution < -0.4 is 10.6 Å². The minimum absolute atomic E-state index is 0.492. The van der Waals surface area contributed by atoms with Crippen LogP contribution in [0.5, 0.6) is 0 Å². The number of benzene rings is 1. The van der Waals surface area contributed by atoms with E-state index in [1.54, 1.807) is 6.26 Å². The van der Waals surface area contributed by atoms with Gasteiger partial charge in [0.1, 0.15) is 0 Å². The number of carboxylic acid groups (broad SMARTS) is 1. The van der Waals surface area contributed by atoms with Gasteiger partial charge in [0.15, 0.2) is 5.58 Å². The summed E-state index contributed by atoms with van der Waals surface area (Å²) >= 11 is 0. The van der Waals surface area contributed by atoms with Gasteiger partial charge in [-0.05, 0) is 18.2 Å². The molecule has 0 bridgehead atoms. The first-order chi connectivity index (χ1) is 9.15. The van der Waals surface area contributed by atoms with Gasteiger partial charge in [-0.3, -0.25) is 0 Å². The Morgan fingerprint density at radius 3 is 2.68 bits per heavy atom. The van der Waals surface area contributed by atoms with Crippen LogP contribution in [-0.2, 0) is 0 Å². The summed E-state index contributed by atoms with van der Waals surface area (Å²) in [4.78, 5) is 14.4. The number of carbonyl (C=O) groups is 1. The van der Waals surface area contributed by atoms with E-state index in [1.807, 2.05) is 18.2 Å². The Bertz CT molecular complexity index is 615. The highest BCUT2D eigenvalue weighted by Gasteiger charge is 2.22. The third kappa shape index (κ3) is 2.05. The minimum Gasteiger partial charge on any atom is -0.465 e. The van der Waals surface area contributed by atoms with Crippen molar-refractivity contribution in [2.45, 2.75) is 0 Å². The molecule has 1 amide bonds. The highest BCUT2D eigenvalue weighted by Crippen LogP contribution is 2.31. The Labute approximate surface area is 110 Å². The SMILES string of the molecule is Nc1cc(N2CCN(C(=O)O)CC2)c2occc2c1. The zero-order chi connectivity index (χ0) is 13.4. The second-order valence-electron chi connectivity index (χ2n) is 4.64. The predicted molar refractivity (Wildman–Crippen MR) is 72.4 cm³/mol. The number of rotatable bonds is 1. The van der Waals surface area contributed by atoms with Crippen LogP contribution in [0.15, 0.2) is 28.9 Å². The van der Waals surface area contributed by atoms with Crippen molar-refractivity contribution in [3.63, 3.8) is 0 Å². The molecule has 1 aliphatic rings. The summed E-state index contributed by atoms with van der Waals surface area (Å²) in [6.07, 6.45) is 0.775. The molecule has 6 nitrogen and oxygen atoms in total. The smallest absolute Gasteiger partial charge is 0.407 e. The highest BCUT2D eigenvalue weighted by molar-refractivity contribution is 5.92. The van der Waals surface area contributed by atoms with E-state index in [1.165, 1.54) is 4.90 Å². The summed E-state index contributed by atoms with van der Waals surface area (Å²) in [6.45, 7) is 2.27. The van der Waals surface area contributed by atoms with E-state index in [-0.39, 0.29) is 0 Å². The lowest BCUT2D eigenvalue weighted by Crippen LogP contribution is -2.48. The van der Waals surface area contributed by atoms with E-state index in [0.717, 1.165) is 16.7 Å². The van der Waals surface area contributed by atoms with E-state index in [2.05, 4.69) is 4.90 Å². The van der Waals surface area contributed by atoms with Gasteiger partial charge >= 0.3 is 6.09 Å². The van der Waals surface area contributed by atoms with Gasteiger partial charge in [-0.1, -0.05) is 0 Å². The molecule has 3 N–H and O–H groups in total. The Hall–Kier alpha value is -2.37. The third-order valence-corrected chi connectivity index (χ3v) is 3.44. The second kappa shape index (κ2) is 4.38. The minimum atomic E-state index is -0.865. The number of hydrogen-bond donors (Lipinski definition) is 2. The highest BCUT2D eigenvalue weighted by atomic mass is 16.4. The van der Waals surface area contributed by atoms with E-state index >= 15 is 0 Å². The molecule has 19 heavy (non-hydrogen) atoms. The van der Waals surface area contributed by atoms with Gasteiger partial charge in [-0.25, -0.2) is 4.79 Å². The van der Waals surface area contributed by atoms with Crippen LogP contribution in [0.25, 0.3) is 11.0 Å². The maximum absolute atomic E-state index is 10.9. The molecular formula is C13H15N3O3. The molecular weight excluding hydrogens is 246 g/mol. The second-order valence-corrected chi connectivity index (χ2v) is 4.64. The van der Waals surface area contributed by atoms with Crippen LogP contribution in [0.2, 0.25) is 0 Å². The average Bonchev–Trinajstić information content (AvgIpc) is 2.85. The van der Waals surface area contributed by atoms with Crippen LogP contribution >= 0.6 is 0 Å². The number of nitrogens with zero attached hydrogens (tertiary/aromatic N) is 2. The summed E-state index contributed by atoms with van der Waals surface area (Å²) in [5, 5.41) is 9.91. The van der Waals surface area contributed by atoms with E-state index in [9.17, 15) is 4.79 Å². The number of amides is 1. The summed E-state index contributed by atoms with van der Waals surface area (Å²) in [5.41, 5.74) is 8.32. The maximum atomic E-state index is 10.9. The molecule has 3 rings (SSSR count). The quantitative estimate of drug-likeness (QED) is 0.765. The third-order valence-electron chi connectivity index (χ3n) is 3.44. The summed E-state index contributed by atoms with van der Waals surface area (Å²) in [6, 6.07) is 5.63. The van der Waals surface area contributed by atoms with Gasteiger partial charge in [0, 0.05) is 37.3 Å².